The third-order valence-electron chi connectivity index (χ3n) is 4.78. The van der Waals surface area contributed by atoms with Crippen molar-refractivity contribution in [2.45, 2.75) is 18.9 Å². The number of thiazole rings is 1. The number of nitrogens with one attached hydrogen (secondary N) is 1. The Hall–Kier alpha value is -2.08. The van der Waals surface area contributed by atoms with Gasteiger partial charge in [-0.25, -0.2) is 9.78 Å². The highest BCUT2D eigenvalue weighted by Gasteiger charge is 2.36. The molecule has 2 aromatic rings. The van der Waals surface area contributed by atoms with E-state index in [4.69, 9.17) is 0 Å². The molecule has 1 aromatic heterocycles. The number of urea groups is 1. The Morgan fingerprint density at radius 1 is 1.17 bits per heavy atom. The van der Waals surface area contributed by atoms with E-state index in [-0.39, 0.29) is 12.1 Å². The second kappa shape index (κ2) is 6.81. The first-order valence-electron chi connectivity index (χ1n) is 8.56. The lowest BCUT2D eigenvalue weighted by Gasteiger charge is -2.36. The van der Waals surface area contributed by atoms with Crippen LogP contribution in [-0.2, 0) is 0 Å². The predicted molar refractivity (Wildman–Crippen MR) is 96.3 cm³/mol. The number of carbonyl (C=O) groups excluding carboxylic acids is 1. The number of hydrogen-bond donors (Lipinski definition) is 1. The molecule has 5 nitrogen and oxygen atoms in total. The van der Waals surface area contributed by atoms with E-state index in [2.05, 4.69) is 39.5 Å². The molecule has 1 aromatic carbocycles. The summed E-state index contributed by atoms with van der Waals surface area (Å²) < 4.78 is 0. The molecule has 126 valence electrons. The highest BCUT2D eigenvalue weighted by Crippen LogP contribution is 2.41. The molecule has 6 heteroatoms. The van der Waals surface area contributed by atoms with E-state index < -0.39 is 0 Å². The molecule has 2 amide bonds. The van der Waals surface area contributed by atoms with Crippen LogP contribution >= 0.6 is 11.3 Å². The maximum atomic E-state index is 12.7. The fourth-order valence-corrected chi connectivity index (χ4v) is 4.01. The highest BCUT2D eigenvalue weighted by atomic mass is 32.1. The number of para-hydroxylation sites is 1. The van der Waals surface area contributed by atoms with Crippen LogP contribution in [0.15, 0.2) is 41.9 Å². The highest BCUT2D eigenvalue weighted by molar-refractivity contribution is 7.09. The molecule has 2 fully saturated rings. The van der Waals surface area contributed by atoms with Crippen molar-refractivity contribution in [1.82, 2.24) is 15.2 Å². The van der Waals surface area contributed by atoms with E-state index in [0.717, 1.165) is 31.2 Å². The molecule has 1 aliphatic carbocycles. The summed E-state index contributed by atoms with van der Waals surface area (Å²) in [7, 11) is 0. The first-order valence-corrected chi connectivity index (χ1v) is 9.44. The van der Waals surface area contributed by atoms with Crippen LogP contribution in [0.3, 0.4) is 0 Å². The van der Waals surface area contributed by atoms with Crippen molar-refractivity contribution >= 4 is 23.1 Å². The van der Waals surface area contributed by atoms with E-state index in [0.29, 0.717) is 5.92 Å². The number of carbonyl (C=O) groups is 1. The maximum Gasteiger partial charge on any atom is 0.318 e. The smallest absolute Gasteiger partial charge is 0.318 e. The second-order valence-electron chi connectivity index (χ2n) is 6.44. The quantitative estimate of drug-likeness (QED) is 0.929. The Labute approximate surface area is 146 Å². The van der Waals surface area contributed by atoms with Crippen molar-refractivity contribution in [1.29, 1.82) is 0 Å². The SMILES string of the molecule is O=C(N[C@H](c1nccs1)C1CC1)N1CCN(c2ccccc2)CC1. The predicted octanol–water partition coefficient (Wildman–Crippen LogP) is 3.13. The zero-order valence-electron chi connectivity index (χ0n) is 13.6. The summed E-state index contributed by atoms with van der Waals surface area (Å²) >= 11 is 1.63. The average molecular weight is 342 g/mol. The van der Waals surface area contributed by atoms with Crippen molar-refractivity contribution in [2.75, 3.05) is 31.1 Å². The standard InChI is InChI=1S/C18H22N4OS/c23-18(20-16(14-6-7-14)17-19-8-13-24-17)22-11-9-21(10-12-22)15-4-2-1-3-5-15/h1-5,8,13-14,16H,6-7,9-12H2,(H,20,23)/t16-/m0/s1. The minimum Gasteiger partial charge on any atom is -0.368 e. The lowest BCUT2D eigenvalue weighted by atomic mass is 10.2. The number of nitrogens with zero attached hydrogens (tertiary/aromatic N) is 3. The van der Waals surface area contributed by atoms with E-state index in [1.54, 1.807) is 11.3 Å². The lowest BCUT2D eigenvalue weighted by molar-refractivity contribution is 0.188. The molecule has 24 heavy (non-hydrogen) atoms. The van der Waals surface area contributed by atoms with Gasteiger partial charge >= 0.3 is 6.03 Å². The Morgan fingerprint density at radius 3 is 2.54 bits per heavy atom. The number of aromatic nitrogens is 1. The molecule has 0 bridgehead atoms. The van der Waals surface area contributed by atoms with Gasteiger partial charge in [0.2, 0.25) is 0 Å². The van der Waals surface area contributed by atoms with Gasteiger partial charge in [-0.1, -0.05) is 18.2 Å². The first kappa shape index (κ1) is 15.4. The van der Waals surface area contributed by atoms with E-state index >= 15 is 0 Å². The molecule has 1 aliphatic heterocycles. The van der Waals surface area contributed by atoms with Gasteiger partial charge in [-0.15, -0.1) is 11.3 Å². The minimum atomic E-state index is 0.0508. The molecule has 0 spiro atoms. The summed E-state index contributed by atoms with van der Waals surface area (Å²) in [6.45, 7) is 3.28. The lowest BCUT2D eigenvalue weighted by Crippen LogP contribution is -2.52. The second-order valence-corrected chi connectivity index (χ2v) is 7.37. The summed E-state index contributed by atoms with van der Waals surface area (Å²) in [4.78, 5) is 21.3. The minimum absolute atomic E-state index is 0.0508. The Bertz CT molecular complexity index is 664. The molecule has 1 N–H and O–H groups in total. The molecule has 1 atom stereocenters. The maximum absolute atomic E-state index is 12.7. The van der Waals surface area contributed by atoms with Crippen molar-refractivity contribution in [3.63, 3.8) is 0 Å². The van der Waals surface area contributed by atoms with Crippen LogP contribution in [0.4, 0.5) is 10.5 Å². The third kappa shape index (κ3) is 3.38. The van der Waals surface area contributed by atoms with Crippen LogP contribution in [0.5, 0.6) is 0 Å². The number of piperazine rings is 1. The summed E-state index contributed by atoms with van der Waals surface area (Å²) in [5.74, 6) is 0.561. The van der Waals surface area contributed by atoms with Gasteiger partial charge in [0.05, 0.1) is 6.04 Å². The normalized spacial score (nSPS) is 19.2. The van der Waals surface area contributed by atoms with E-state index in [9.17, 15) is 4.79 Å². The molecule has 1 saturated carbocycles. The Morgan fingerprint density at radius 2 is 1.92 bits per heavy atom. The first-order chi connectivity index (χ1) is 11.8. The van der Waals surface area contributed by atoms with Crippen molar-refractivity contribution < 1.29 is 4.79 Å². The Balaban J connectivity index is 1.34. The van der Waals surface area contributed by atoms with Crippen LogP contribution in [0.2, 0.25) is 0 Å². The molecule has 0 unspecified atom stereocenters. The Kier molecular flexibility index (Phi) is 4.38. The van der Waals surface area contributed by atoms with Crippen molar-refractivity contribution in [3.05, 3.63) is 46.9 Å². The molecular weight excluding hydrogens is 320 g/mol. The van der Waals surface area contributed by atoms with Crippen LogP contribution in [-0.4, -0.2) is 42.1 Å². The zero-order valence-corrected chi connectivity index (χ0v) is 14.4. The van der Waals surface area contributed by atoms with Crippen LogP contribution in [0.25, 0.3) is 0 Å². The third-order valence-corrected chi connectivity index (χ3v) is 5.64. The van der Waals surface area contributed by atoms with Gasteiger partial charge in [-0.3, -0.25) is 0 Å². The van der Waals surface area contributed by atoms with E-state index in [1.807, 2.05) is 22.5 Å². The van der Waals surface area contributed by atoms with Crippen molar-refractivity contribution in [3.8, 4) is 0 Å². The largest absolute Gasteiger partial charge is 0.368 e. The van der Waals surface area contributed by atoms with Gasteiger partial charge in [0.1, 0.15) is 5.01 Å². The summed E-state index contributed by atoms with van der Waals surface area (Å²) in [6, 6.07) is 10.5. The van der Waals surface area contributed by atoms with E-state index in [1.165, 1.54) is 18.5 Å². The molecule has 2 heterocycles. The molecule has 4 rings (SSSR count). The zero-order chi connectivity index (χ0) is 16.4. The number of benzene rings is 1. The average Bonchev–Trinajstić information content (AvgIpc) is 3.34. The topological polar surface area (TPSA) is 48.5 Å². The monoisotopic (exact) mass is 342 g/mol. The van der Waals surface area contributed by atoms with Gasteiger partial charge in [0.15, 0.2) is 0 Å². The number of hydrogen-bond acceptors (Lipinski definition) is 4. The van der Waals surface area contributed by atoms with Crippen LogP contribution in [0.1, 0.15) is 23.9 Å². The number of amides is 2. The summed E-state index contributed by atoms with van der Waals surface area (Å²) in [5, 5.41) is 6.24. The molecule has 0 radical (unpaired) electrons. The number of rotatable bonds is 4. The summed E-state index contributed by atoms with van der Waals surface area (Å²) in [5.41, 5.74) is 1.23. The van der Waals surface area contributed by atoms with Gasteiger partial charge < -0.3 is 15.1 Å². The van der Waals surface area contributed by atoms with Gasteiger partial charge in [-0.2, -0.15) is 0 Å². The number of anilines is 1. The fourth-order valence-electron chi connectivity index (χ4n) is 3.23. The van der Waals surface area contributed by atoms with Gasteiger partial charge in [-0.05, 0) is 30.9 Å². The van der Waals surface area contributed by atoms with Gasteiger partial charge in [0, 0.05) is 43.4 Å². The van der Waals surface area contributed by atoms with Crippen LogP contribution < -0.4 is 10.2 Å². The molecule has 1 saturated heterocycles. The molecule has 2 aliphatic rings. The molecular formula is C18H22N4OS. The van der Waals surface area contributed by atoms with Gasteiger partial charge in [0.25, 0.3) is 0 Å². The van der Waals surface area contributed by atoms with Crippen LogP contribution in [0, 0.1) is 5.92 Å². The van der Waals surface area contributed by atoms with Crippen molar-refractivity contribution in [2.24, 2.45) is 5.92 Å². The fraction of sp³-hybridized carbons (Fsp3) is 0.444. The summed E-state index contributed by atoms with van der Waals surface area (Å²) in [6.07, 6.45) is 4.19.